The number of rotatable bonds is 4. The van der Waals surface area contributed by atoms with Crippen molar-refractivity contribution in [2.45, 2.75) is 0 Å². The molecule has 0 unspecified atom stereocenters. The highest BCUT2D eigenvalue weighted by Crippen LogP contribution is 2.38. The van der Waals surface area contributed by atoms with E-state index in [1.54, 1.807) is 0 Å². The smallest absolute Gasteiger partial charge is 0.164 e. The summed E-state index contributed by atoms with van der Waals surface area (Å²) in [5.74, 6) is 1.91. The molecule has 9 rings (SSSR count). The molecule has 0 aliphatic heterocycles. The normalized spacial score (nSPS) is 11.6. The van der Waals surface area contributed by atoms with Crippen LogP contribution in [0.5, 0.6) is 0 Å². The van der Waals surface area contributed by atoms with E-state index in [-0.39, 0.29) is 0 Å². The minimum Gasteiger partial charge on any atom is -0.456 e. The lowest BCUT2D eigenvalue weighted by molar-refractivity contribution is 0.669. The summed E-state index contributed by atoms with van der Waals surface area (Å²) in [5, 5.41) is 6.99. The molecule has 4 heteroatoms. The van der Waals surface area contributed by atoms with Crippen molar-refractivity contribution < 1.29 is 4.42 Å². The predicted octanol–water partition coefficient (Wildman–Crippen LogP) is 10.7. The summed E-state index contributed by atoms with van der Waals surface area (Å²) in [6, 6.07) is 52.2. The number of furan rings is 1. The van der Waals surface area contributed by atoms with E-state index in [0.717, 1.165) is 49.8 Å². The molecule has 4 nitrogen and oxygen atoms in total. The molecular formula is C41H25N3O. The lowest BCUT2D eigenvalue weighted by Gasteiger charge is -2.11. The van der Waals surface area contributed by atoms with Gasteiger partial charge in [-0.3, -0.25) is 0 Å². The van der Waals surface area contributed by atoms with E-state index in [4.69, 9.17) is 19.4 Å². The first kappa shape index (κ1) is 25.4. The van der Waals surface area contributed by atoms with Crippen molar-refractivity contribution in [1.29, 1.82) is 0 Å². The van der Waals surface area contributed by atoms with Crippen LogP contribution in [0.3, 0.4) is 0 Å². The zero-order chi connectivity index (χ0) is 29.7. The van der Waals surface area contributed by atoms with Crippen molar-refractivity contribution >= 4 is 43.5 Å². The summed E-state index contributed by atoms with van der Waals surface area (Å²) >= 11 is 0. The van der Waals surface area contributed by atoms with Crippen LogP contribution >= 0.6 is 0 Å². The van der Waals surface area contributed by atoms with Crippen LogP contribution in [-0.2, 0) is 0 Å². The monoisotopic (exact) mass is 575 g/mol. The van der Waals surface area contributed by atoms with Gasteiger partial charge >= 0.3 is 0 Å². The number of hydrogen-bond donors (Lipinski definition) is 0. The van der Waals surface area contributed by atoms with Gasteiger partial charge in [0.2, 0.25) is 0 Å². The van der Waals surface area contributed by atoms with Gasteiger partial charge in [-0.25, -0.2) is 15.0 Å². The maximum Gasteiger partial charge on any atom is 0.164 e. The van der Waals surface area contributed by atoms with E-state index in [1.165, 1.54) is 21.5 Å². The fourth-order valence-electron chi connectivity index (χ4n) is 6.33. The Morgan fingerprint density at radius 2 is 0.933 bits per heavy atom. The fraction of sp³-hybridized carbons (Fsp3) is 0. The Morgan fingerprint density at radius 3 is 1.78 bits per heavy atom. The summed E-state index contributed by atoms with van der Waals surface area (Å²) in [7, 11) is 0. The Hall–Kier alpha value is -6.13. The Bertz CT molecular complexity index is 2550. The molecule has 45 heavy (non-hydrogen) atoms. The molecule has 210 valence electrons. The van der Waals surface area contributed by atoms with Gasteiger partial charge in [0.15, 0.2) is 17.5 Å². The fourth-order valence-corrected chi connectivity index (χ4v) is 6.33. The van der Waals surface area contributed by atoms with Crippen LogP contribution in [0.4, 0.5) is 0 Å². The first-order chi connectivity index (χ1) is 22.3. The molecule has 0 N–H and O–H groups in total. The van der Waals surface area contributed by atoms with Crippen molar-refractivity contribution in [3.63, 3.8) is 0 Å². The second kappa shape index (κ2) is 10.2. The lowest BCUT2D eigenvalue weighted by Crippen LogP contribution is -2.00. The maximum atomic E-state index is 6.18. The molecule has 0 aliphatic rings. The van der Waals surface area contributed by atoms with Gasteiger partial charge in [0.05, 0.1) is 0 Å². The molecule has 0 saturated carbocycles. The molecule has 0 bridgehead atoms. The second-order valence-electron chi connectivity index (χ2n) is 11.3. The average Bonchev–Trinajstić information content (AvgIpc) is 3.51. The number of aromatic nitrogens is 3. The maximum absolute atomic E-state index is 6.18. The molecule has 0 amide bonds. The zero-order valence-electron chi connectivity index (χ0n) is 24.2. The van der Waals surface area contributed by atoms with Gasteiger partial charge in [-0.1, -0.05) is 127 Å². The molecular weight excluding hydrogens is 550 g/mol. The first-order valence-corrected chi connectivity index (χ1v) is 15.0. The predicted molar refractivity (Wildman–Crippen MR) is 184 cm³/mol. The van der Waals surface area contributed by atoms with E-state index in [2.05, 4.69) is 97.1 Å². The zero-order valence-corrected chi connectivity index (χ0v) is 24.2. The third-order valence-electron chi connectivity index (χ3n) is 8.51. The molecule has 7 aromatic carbocycles. The molecule has 0 fully saturated rings. The van der Waals surface area contributed by atoms with E-state index in [1.807, 2.05) is 54.6 Å². The van der Waals surface area contributed by atoms with E-state index < -0.39 is 0 Å². The van der Waals surface area contributed by atoms with Crippen LogP contribution in [0.2, 0.25) is 0 Å². The van der Waals surface area contributed by atoms with Crippen LogP contribution in [0.15, 0.2) is 156 Å². The van der Waals surface area contributed by atoms with Gasteiger partial charge in [0.1, 0.15) is 11.2 Å². The number of benzene rings is 7. The number of para-hydroxylation sites is 1. The van der Waals surface area contributed by atoms with Crippen LogP contribution in [0, 0.1) is 0 Å². The van der Waals surface area contributed by atoms with Gasteiger partial charge in [0, 0.05) is 27.5 Å². The Morgan fingerprint density at radius 1 is 0.356 bits per heavy atom. The molecule has 0 atom stereocenters. The van der Waals surface area contributed by atoms with Gasteiger partial charge in [-0.2, -0.15) is 0 Å². The van der Waals surface area contributed by atoms with Gasteiger partial charge in [0.25, 0.3) is 0 Å². The summed E-state index contributed by atoms with van der Waals surface area (Å²) in [6.07, 6.45) is 0. The largest absolute Gasteiger partial charge is 0.456 e. The van der Waals surface area contributed by atoms with Gasteiger partial charge < -0.3 is 4.42 Å². The molecule has 0 spiro atoms. The van der Waals surface area contributed by atoms with Crippen molar-refractivity contribution in [1.82, 2.24) is 15.0 Å². The van der Waals surface area contributed by atoms with Crippen molar-refractivity contribution in [2.24, 2.45) is 0 Å². The Balaban J connectivity index is 1.23. The average molecular weight is 576 g/mol. The standard InChI is InChI=1S/C41H25N3O/c1-2-11-28(12-3-1)39-42-40(44-41(43-39)31-23-22-27-21-20-26-10-4-5-15-32(26)35(27)25-31)30-14-8-13-29(24-30)33-17-9-19-37-38(33)34-16-6-7-18-36(34)45-37/h1-25H. The third-order valence-corrected chi connectivity index (χ3v) is 8.51. The molecule has 0 aliphatic carbocycles. The van der Waals surface area contributed by atoms with Crippen LogP contribution in [-0.4, -0.2) is 15.0 Å². The quantitative estimate of drug-likeness (QED) is 0.196. The van der Waals surface area contributed by atoms with Crippen LogP contribution in [0.1, 0.15) is 0 Å². The highest BCUT2D eigenvalue weighted by Gasteiger charge is 2.16. The third kappa shape index (κ3) is 4.35. The highest BCUT2D eigenvalue weighted by molar-refractivity contribution is 6.12. The summed E-state index contributed by atoms with van der Waals surface area (Å²) in [4.78, 5) is 15.1. The van der Waals surface area contributed by atoms with Crippen molar-refractivity contribution in [3.8, 4) is 45.3 Å². The van der Waals surface area contributed by atoms with Crippen molar-refractivity contribution in [3.05, 3.63) is 152 Å². The second-order valence-corrected chi connectivity index (χ2v) is 11.3. The van der Waals surface area contributed by atoms with E-state index >= 15 is 0 Å². The van der Waals surface area contributed by atoms with Gasteiger partial charge in [-0.05, 0) is 56.9 Å². The van der Waals surface area contributed by atoms with Gasteiger partial charge in [-0.15, -0.1) is 0 Å². The Kier molecular flexibility index (Phi) is 5.78. The van der Waals surface area contributed by atoms with Crippen LogP contribution in [0.25, 0.3) is 88.8 Å². The Labute approximate surface area is 259 Å². The molecule has 9 aromatic rings. The summed E-state index contributed by atoms with van der Waals surface area (Å²) in [5.41, 5.74) is 6.75. The van der Waals surface area contributed by atoms with Crippen molar-refractivity contribution in [2.75, 3.05) is 0 Å². The minimum absolute atomic E-state index is 0.628. The first-order valence-electron chi connectivity index (χ1n) is 15.0. The SMILES string of the molecule is c1ccc(-c2nc(-c3cccc(-c4cccc5oc6ccccc6c45)c3)nc(-c3ccc4ccc5ccccc5c4c3)n2)cc1. The number of hydrogen-bond acceptors (Lipinski definition) is 4. The molecule has 2 aromatic heterocycles. The van der Waals surface area contributed by atoms with Crippen LogP contribution < -0.4 is 0 Å². The minimum atomic E-state index is 0.628. The topological polar surface area (TPSA) is 51.8 Å². The van der Waals surface area contributed by atoms with E-state index in [0.29, 0.717) is 17.5 Å². The van der Waals surface area contributed by atoms with E-state index in [9.17, 15) is 0 Å². The number of fused-ring (bicyclic) bond motifs is 6. The molecule has 0 saturated heterocycles. The highest BCUT2D eigenvalue weighted by atomic mass is 16.3. The number of nitrogens with zero attached hydrogens (tertiary/aromatic N) is 3. The molecule has 0 radical (unpaired) electrons. The summed E-state index contributed by atoms with van der Waals surface area (Å²) in [6.45, 7) is 0. The summed E-state index contributed by atoms with van der Waals surface area (Å²) < 4.78 is 6.18. The molecule has 2 heterocycles. The lowest BCUT2D eigenvalue weighted by atomic mass is 9.97.